The molecule has 33 heavy (non-hydrogen) atoms. The van der Waals surface area contributed by atoms with Crippen molar-refractivity contribution < 1.29 is 27.9 Å². The van der Waals surface area contributed by atoms with Crippen molar-refractivity contribution in [2.24, 2.45) is 0 Å². The number of alkyl halides is 3. The zero-order chi connectivity index (χ0) is 23.8. The van der Waals surface area contributed by atoms with E-state index < -0.39 is 12.1 Å². The molecule has 0 aliphatic carbocycles. The number of carboxylic acid groups (broad SMARTS) is 1. The fourth-order valence-electron chi connectivity index (χ4n) is 2.89. The Morgan fingerprint density at radius 2 is 1.48 bits per heavy atom. The van der Waals surface area contributed by atoms with Crippen molar-refractivity contribution in [3.63, 3.8) is 0 Å². The molecule has 1 amide bonds. The number of carbonyl (C=O) groups is 2. The minimum absolute atomic E-state index is 0.0374. The molecule has 0 saturated heterocycles. The number of H-pyrrole nitrogens is 1. The summed E-state index contributed by atoms with van der Waals surface area (Å²) >= 11 is 0. The lowest BCUT2D eigenvalue weighted by Gasteiger charge is -2.08. The molecular formula is C23H19F3N4O3. The van der Waals surface area contributed by atoms with E-state index in [4.69, 9.17) is 9.90 Å². The van der Waals surface area contributed by atoms with Crippen LogP contribution in [-0.4, -0.2) is 33.1 Å². The van der Waals surface area contributed by atoms with Gasteiger partial charge in [-0.1, -0.05) is 18.2 Å². The first-order chi connectivity index (χ1) is 15.7. The van der Waals surface area contributed by atoms with Gasteiger partial charge in [-0.3, -0.25) is 9.78 Å². The second-order valence-corrected chi connectivity index (χ2v) is 6.83. The smallest absolute Gasteiger partial charge is 0.475 e. The van der Waals surface area contributed by atoms with E-state index in [2.05, 4.69) is 20.6 Å². The quantitative estimate of drug-likeness (QED) is 0.333. The number of amides is 1. The molecule has 4 aromatic rings. The first kappa shape index (κ1) is 23.3. The number of aliphatic carboxylic acids is 1. The van der Waals surface area contributed by atoms with Gasteiger partial charge in [0.1, 0.15) is 0 Å². The lowest BCUT2D eigenvalue weighted by Crippen LogP contribution is -2.21. The normalized spacial score (nSPS) is 10.8. The number of rotatable bonds is 5. The van der Waals surface area contributed by atoms with E-state index >= 15 is 0 Å². The maximum absolute atomic E-state index is 12.4. The highest BCUT2D eigenvalue weighted by Crippen LogP contribution is 2.20. The lowest BCUT2D eigenvalue weighted by atomic mass is 10.1. The summed E-state index contributed by atoms with van der Waals surface area (Å²) in [5.74, 6) is -2.79. The van der Waals surface area contributed by atoms with E-state index in [9.17, 15) is 18.0 Å². The number of halogens is 3. The van der Waals surface area contributed by atoms with Gasteiger partial charge in [0.05, 0.1) is 6.42 Å². The third kappa shape index (κ3) is 6.82. The number of hydrogen-bond acceptors (Lipinski definition) is 4. The number of nitrogens with one attached hydrogen (secondary N) is 3. The molecule has 0 atom stereocenters. The molecule has 10 heteroatoms. The van der Waals surface area contributed by atoms with E-state index in [-0.39, 0.29) is 5.91 Å². The van der Waals surface area contributed by atoms with E-state index in [0.29, 0.717) is 6.42 Å². The van der Waals surface area contributed by atoms with E-state index in [1.165, 1.54) is 0 Å². The molecule has 2 aromatic heterocycles. The first-order valence-corrected chi connectivity index (χ1v) is 9.64. The molecule has 0 aliphatic rings. The Balaban J connectivity index is 0.000000383. The second kappa shape index (κ2) is 10.3. The number of benzene rings is 2. The highest BCUT2D eigenvalue weighted by Gasteiger charge is 2.38. The van der Waals surface area contributed by atoms with Crippen LogP contribution in [0.4, 0.5) is 30.2 Å². The topological polar surface area (TPSA) is 107 Å². The number of anilines is 3. The van der Waals surface area contributed by atoms with Crippen molar-refractivity contribution in [1.29, 1.82) is 0 Å². The average molecular weight is 456 g/mol. The Hall–Kier alpha value is -4.34. The van der Waals surface area contributed by atoms with Gasteiger partial charge >= 0.3 is 12.1 Å². The summed E-state index contributed by atoms with van der Waals surface area (Å²) in [6.07, 6.45) is 0.621. The largest absolute Gasteiger partial charge is 0.490 e. The van der Waals surface area contributed by atoms with Gasteiger partial charge in [0.15, 0.2) is 0 Å². The zero-order valence-corrected chi connectivity index (χ0v) is 17.1. The van der Waals surface area contributed by atoms with Crippen molar-refractivity contribution in [3.8, 4) is 0 Å². The molecule has 7 nitrogen and oxygen atoms in total. The Kier molecular flexibility index (Phi) is 7.29. The van der Waals surface area contributed by atoms with E-state index in [1.54, 1.807) is 12.4 Å². The van der Waals surface area contributed by atoms with Gasteiger partial charge in [-0.05, 0) is 48.0 Å². The third-order valence-electron chi connectivity index (χ3n) is 4.41. The van der Waals surface area contributed by atoms with E-state index in [1.807, 2.05) is 66.9 Å². The van der Waals surface area contributed by atoms with Crippen LogP contribution in [0.15, 0.2) is 79.3 Å². The fraction of sp³-hybridized carbons (Fsp3) is 0.0870. The average Bonchev–Trinajstić information content (AvgIpc) is 3.18. The van der Waals surface area contributed by atoms with Gasteiger partial charge in [-0.25, -0.2) is 4.79 Å². The van der Waals surface area contributed by atoms with Crippen LogP contribution in [-0.2, 0) is 16.0 Å². The van der Waals surface area contributed by atoms with Gasteiger partial charge in [0.2, 0.25) is 5.91 Å². The lowest BCUT2D eigenvalue weighted by molar-refractivity contribution is -0.192. The Bertz CT molecular complexity index is 1220. The molecule has 0 radical (unpaired) electrons. The van der Waals surface area contributed by atoms with E-state index in [0.717, 1.165) is 33.5 Å². The predicted molar refractivity (Wildman–Crippen MR) is 118 cm³/mol. The van der Waals surface area contributed by atoms with Crippen molar-refractivity contribution >= 4 is 39.8 Å². The molecule has 0 saturated carbocycles. The van der Waals surface area contributed by atoms with Gasteiger partial charge in [0.25, 0.3) is 0 Å². The van der Waals surface area contributed by atoms with Crippen LogP contribution in [0, 0.1) is 0 Å². The molecular weight excluding hydrogens is 437 g/mol. The van der Waals surface area contributed by atoms with Crippen LogP contribution in [0.2, 0.25) is 0 Å². The number of pyridine rings is 1. The number of carboxylic acids is 1. The third-order valence-corrected chi connectivity index (χ3v) is 4.41. The SMILES string of the molecule is O=C(Cc1c[nH]c2ccccc12)Nc1ccc(Nc2ccncc2)cc1.O=C(O)C(F)(F)F. The molecule has 0 spiro atoms. The molecule has 0 fully saturated rings. The summed E-state index contributed by atoms with van der Waals surface area (Å²) in [6, 6.07) is 19.4. The van der Waals surface area contributed by atoms with Crippen LogP contribution < -0.4 is 10.6 Å². The van der Waals surface area contributed by atoms with Gasteiger partial charge in [-0.15, -0.1) is 0 Å². The molecule has 0 unspecified atom stereocenters. The molecule has 0 aliphatic heterocycles. The van der Waals surface area contributed by atoms with Gasteiger partial charge in [-0.2, -0.15) is 13.2 Å². The summed E-state index contributed by atoms with van der Waals surface area (Å²) < 4.78 is 31.7. The number of para-hydroxylation sites is 1. The molecule has 4 N–H and O–H groups in total. The minimum atomic E-state index is -5.08. The Morgan fingerprint density at radius 1 is 0.909 bits per heavy atom. The van der Waals surface area contributed by atoms with Crippen molar-refractivity contribution in [3.05, 3.63) is 84.8 Å². The maximum Gasteiger partial charge on any atom is 0.490 e. The Labute approximate surface area is 186 Å². The number of hydrogen-bond donors (Lipinski definition) is 4. The summed E-state index contributed by atoms with van der Waals surface area (Å²) in [4.78, 5) is 28.4. The van der Waals surface area contributed by atoms with Crippen LogP contribution in [0.25, 0.3) is 10.9 Å². The highest BCUT2D eigenvalue weighted by atomic mass is 19.4. The Morgan fingerprint density at radius 3 is 2.12 bits per heavy atom. The van der Waals surface area contributed by atoms with Crippen LogP contribution in [0.1, 0.15) is 5.56 Å². The molecule has 2 aromatic carbocycles. The minimum Gasteiger partial charge on any atom is -0.475 e. The summed E-state index contributed by atoms with van der Waals surface area (Å²) in [6.45, 7) is 0. The molecule has 0 bridgehead atoms. The number of nitrogens with zero attached hydrogens (tertiary/aromatic N) is 1. The van der Waals surface area contributed by atoms with Gasteiger partial charge in [0, 0.05) is 46.6 Å². The van der Waals surface area contributed by atoms with Crippen LogP contribution >= 0.6 is 0 Å². The summed E-state index contributed by atoms with van der Waals surface area (Å²) in [7, 11) is 0. The summed E-state index contributed by atoms with van der Waals surface area (Å²) in [5, 5.41) is 14.4. The number of aromatic nitrogens is 2. The van der Waals surface area contributed by atoms with Crippen LogP contribution in [0.5, 0.6) is 0 Å². The fourth-order valence-corrected chi connectivity index (χ4v) is 2.89. The number of carbonyl (C=O) groups excluding carboxylic acids is 1. The van der Waals surface area contributed by atoms with Crippen LogP contribution in [0.3, 0.4) is 0 Å². The highest BCUT2D eigenvalue weighted by molar-refractivity contribution is 5.95. The second-order valence-electron chi connectivity index (χ2n) is 6.83. The van der Waals surface area contributed by atoms with Crippen molar-refractivity contribution in [1.82, 2.24) is 9.97 Å². The summed E-state index contributed by atoms with van der Waals surface area (Å²) in [5.41, 5.74) is 4.73. The number of aromatic amines is 1. The number of fused-ring (bicyclic) bond motifs is 1. The zero-order valence-electron chi connectivity index (χ0n) is 17.1. The van der Waals surface area contributed by atoms with Crippen molar-refractivity contribution in [2.75, 3.05) is 10.6 Å². The van der Waals surface area contributed by atoms with Gasteiger partial charge < -0.3 is 20.7 Å². The predicted octanol–water partition coefficient (Wildman–Crippen LogP) is 5.12. The first-order valence-electron chi connectivity index (χ1n) is 9.64. The standard InChI is InChI=1S/C21H18N4O.C2HF3O2/c26-21(13-15-14-23-20-4-2-1-3-19(15)20)25-17-7-5-16(6-8-17)24-18-9-11-22-12-10-18;3-2(4,5)1(6)7/h1-12,14,23H,13H2,(H,22,24)(H,25,26);(H,6,7). The molecule has 2 heterocycles. The molecule has 4 rings (SSSR count). The van der Waals surface area contributed by atoms with Crippen molar-refractivity contribution in [2.45, 2.75) is 12.6 Å². The maximum atomic E-state index is 12.4. The molecule has 170 valence electrons. The monoisotopic (exact) mass is 456 g/mol.